The van der Waals surface area contributed by atoms with Crippen molar-refractivity contribution in [1.29, 1.82) is 0 Å². The minimum Gasteiger partial charge on any atom is -0.410 e. The molecule has 1 amide bonds. The zero-order valence-electron chi connectivity index (χ0n) is 15.7. The first kappa shape index (κ1) is 17.1. The molecule has 2 aliphatic carbocycles. The van der Waals surface area contributed by atoms with E-state index < -0.39 is 6.09 Å². The number of para-hydroxylation sites is 1. The minimum atomic E-state index is -0.459. The van der Waals surface area contributed by atoms with E-state index in [2.05, 4.69) is 38.2 Å². The number of hydrogen-bond donors (Lipinski definition) is 1. The van der Waals surface area contributed by atoms with Crippen molar-refractivity contribution in [2.24, 2.45) is 23.2 Å². The first-order valence-electron chi connectivity index (χ1n) is 9.59. The summed E-state index contributed by atoms with van der Waals surface area (Å²) in [5.74, 6) is 3.65. The van der Waals surface area contributed by atoms with E-state index in [9.17, 15) is 4.79 Å². The van der Waals surface area contributed by atoms with E-state index in [-0.39, 0.29) is 0 Å². The van der Waals surface area contributed by atoms with Crippen molar-refractivity contribution in [2.75, 3.05) is 5.32 Å². The lowest BCUT2D eigenvalue weighted by molar-refractivity contribution is 0.118. The Labute approximate surface area is 155 Å². The van der Waals surface area contributed by atoms with Crippen molar-refractivity contribution < 1.29 is 9.53 Å². The first-order valence-corrected chi connectivity index (χ1v) is 9.59. The number of amides is 1. The Bertz CT molecular complexity index is 782. The van der Waals surface area contributed by atoms with Crippen LogP contribution in [0.3, 0.4) is 0 Å². The summed E-state index contributed by atoms with van der Waals surface area (Å²) in [5.41, 5.74) is 2.53. The molecule has 4 atom stereocenters. The summed E-state index contributed by atoms with van der Waals surface area (Å²) < 4.78 is 5.41. The third-order valence-corrected chi connectivity index (χ3v) is 6.97. The fourth-order valence-electron chi connectivity index (χ4n) is 5.18. The lowest BCUT2D eigenvalue weighted by Gasteiger charge is -2.41. The third kappa shape index (κ3) is 3.00. The highest BCUT2D eigenvalue weighted by Gasteiger charge is 2.55. The topological polar surface area (TPSA) is 38.3 Å². The van der Waals surface area contributed by atoms with Gasteiger partial charge in [-0.3, -0.25) is 5.32 Å². The maximum absolute atomic E-state index is 12.0. The Hall–Kier alpha value is -2.29. The van der Waals surface area contributed by atoms with Crippen molar-refractivity contribution in [3.63, 3.8) is 0 Å². The quantitative estimate of drug-likeness (QED) is 0.729. The summed E-state index contributed by atoms with van der Waals surface area (Å²) in [5, 5.41) is 2.74. The van der Waals surface area contributed by atoms with Crippen molar-refractivity contribution >= 4 is 11.8 Å². The van der Waals surface area contributed by atoms with E-state index in [1.807, 2.05) is 42.5 Å². The molecule has 4 rings (SSSR count). The van der Waals surface area contributed by atoms with E-state index in [1.165, 1.54) is 18.4 Å². The number of ether oxygens (including phenoxy) is 1. The average Bonchev–Trinajstić information content (AvgIpc) is 3.16. The molecule has 0 aliphatic heterocycles. The summed E-state index contributed by atoms with van der Waals surface area (Å²) in [6.07, 6.45) is 2.19. The molecular formula is C23H27NO2. The number of carbonyl (C=O) groups excluding carboxylic acids is 1. The van der Waals surface area contributed by atoms with E-state index in [0.717, 1.165) is 23.4 Å². The molecular weight excluding hydrogens is 322 g/mol. The molecule has 0 radical (unpaired) electrons. The number of benzene rings is 2. The molecule has 2 aromatic rings. The lowest BCUT2D eigenvalue weighted by Crippen LogP contribution is -2.32. The Morgan fingerprint density at radius 3 is 2.35 bits per heavy atom. The van der Waals surface area contributed by atoms with Gasteiger partial charge in [-0.1, -0.05) is 51.1 Å². The van der Waals surface area contributed by atoms with Gasteiger partial charge in [0.15, 0.2) is 0 Å². The predicted octanol–water partition coefficient (Wildman–Crippen LogP) is 6.08. The molecule has 2 fully saturated rings. The molecule has 136 valence electrons. The normalized spacial score (nSPS) is 28.7. The van der Waals surface area contributed by atoms with Crippen LogP contribution in [0, 0.1) is 23.2 Å². The van der Waals surface area contributed by atoms with Crippen LogP contribution in [0.25, 0.3) is 0 Å². The van der Waals surface area contributed by atoms with E-state index in [1.54, 1.807) is 0 Å². The Balaban J connectivity index is 1.41. The van der Waals surface area contributed by atoms with Gasteiger partial charge in [-0.25, -0.2) is 4.79 Å². The monoisotopic (exact) mass is 349 g/mol. The number of hydrogen-bond acceptors (Lipinski definition) is 2. The van der Waals surface area contributed by atoms with Crippen LogP contribution >= 0.6 is 0 Å². The van der Waals surface area contributed by atoms with Crippen molar-refractivity contribution in [3.8, 4) is 5.75 Å². The van der Waals surface area contributed by atoms with E-state index in [4.69, 9.17) is 4.74 Å². The predicted molar refractivity (Wildman–Crippen MR) is 104 cm³/mol. The number of rotatable bonds is 3. The maximum Gasteiger partial charge on any atom is 0.417 e. The standard InChI is InChI=1S/C23H27NO2/c1-15-17-13-20(21(14-17)23(15,2)3)16-9-11-19(12-10-16)26-22(25)24-18-7-5-4-6-8-18/h4-12,15,17,20-21H,13-14H2,1-3H3,(H,24,25). The number of nitrogens with one attached hydrogen (secondary N) is 1. The summed E-state index contributed by atoms with van der Waals surface area (Å²) in [6.45, 7) is 7.28. The van der Waals surface area contributed by atoms with Gasteiger partial charge in [0.25, 0.3) is 0 Å². The second-order valence-corrected chi connectivity index (χ2v) is 8.50. The summed E-state index contributed by atoms with van der Waals surface area (Å²) in [6, 6.07) is 17.4. The van der Waals surface area contributed by atoms with Crippen LogP contribution in [0.5, 0.6) is 5.75 Å². The summed E-state index contributed by atoms with van der Waals surface area (Å²) >= 11 is 0. The lowest BCUT2D eigenvalue weighted by atomic mass is 9.64. The number of anilines is 1. The second kappa shape index (κ2) is 6.46. The fourth-order valence-corrected chi connectivity index (χ4v) is 5.18. The van der Waals surface area contributed by atoms with Crippen LogP contribution in [0.1, 0.15) is 45.1 Å². The fraction of sp³-hybridized carbons (Fsp3) is 0.435. The van der Waals surface area contributed by atoms with Crippen LogP contribution in [0.4, 0.5) is 10.5 Å². The third-order valence-electron chi connectivity index (χ3n) is 6.97. The molecule has 0 spiro atoms. The van der Waals surface area contributed by atoms with Crippen LogP contribution in [-0.2, 0) is 0 Å². The smallest absolute Gasteiger partial charge is 0.410 e. The second-order valence-electron chi connectivity index (χ2n) is 8.50. The van der Waals surface area contributed by atoms with Gasteiger partial charge in [0.2, 0.25) is 0 Å². The summed E-state index contributed by atoms with van der Waals surface area (Å²) in [4.78, 5) is 12.0. The molecule has 2 bridgehead atoms. The Morgan fingerprint density at radius 2 is 1.73 bits per heavy atom. The largest absolute Gasteiger partial charge is 0.417 e. The van der Waals surface area contributed by atoms with Crippen molar-refractivity contribution in [1.82, 2.24) is 0 Å². The molecule has 2 aliphatic rings. The van der Waals surface area contributed by atoms with Gasteiger partial charge < -0.3 is 4.74 Å². The highest BCUT2D eigenvalue weighted by atomic mass is 16.6. The van der Waals surface area contributed by atoms with Crippen LogP contribution in [0.15, 0.2) is 54.6 Å². The SMILES string of the molecule is CC1C2CC(c3ccc(OC(=O)Nc4ccccc4)cc3)C(C2)C1(C)C. The molecule has 0 aromatic heterocycles. The minimum absolute atomic E-state index is 0.415. The molecule has 0 heterocycles. The van der Waals surface area contributed by atoms with Gasteiger partial charge in [-0.05, 0) is 71.8 Å². The zero-order valence-corrected chi connectivity index (χ0v) is 15.7. The Kier molecular flexibility index (Phi) is 4.26. The van der Waals surface area contributed by atoms with Gasteiger partial charge in [-0.2, -0.15) is 0 Å². The van der Waals surface area contributed by atoms with Crippen LogP contribution in [0.2, 0.25) is 0 Å². The zero-order chi connectivity index (χ0) is 18.3. The molecule has 2 aromatic carbocycles. The van der Waals surface area contributed by atoms with E-state index >= 15 is 0 Å². The van der Waals surface area contributed by atoms with Gasteiger partial charge in [0.1, 0.15) is 5.75 Å². The molecule has 1 N–H and O–H groups in total. The number of fused-ring (bicyclic) bond motifs is 2. The highest BCUT2D eigenvalue weighted by molar-refractivity contribution is 5.86. The van der Waals surface area contributed by atoms with Crippen LogP contribution in [-0.4, -0.2) is 6.09 Å². The van der Waals surface area contributed by atoms with Crippen molar-refractivity contribution in [3.05, 3.63) is 60.2 Å². The molecule has 4 unspecified atom stereocenters. The van der Waals surface area contributed by atoms with Gasteiger partial charge in [0.05, 0.1) is 0 Å². The van der Waals surface area contributed by atoms with Gasteiger partial charge >= 0.3 is 6.09 Å². The van der Waals surface area contributed by atoms with Crippen LogP contribution < -0.4 is 10.1 Å². The van der Waals surface area contributed by atoms with Gasteiger partial charge in [0, 0.05) is 5.69 Å². The Morgan fingerprint density at radius 1 is 1.04 bits per heavy atom. The first-order chi connectivity index (χ1) is 12.4. The molecule has 26 heavy (non-hydrogen) atoms. The summed E-state index contributed by atoms with van der Waals surface area (Å²) in [7, 11) is 0. The van der Waals surface area contributed by atoms with E-state index in [0.29, 0.717) is 17.1 Å². The molecule has 3 nitrogen and oxygen atoms in total. The maximum atomic E-state index is 12.0. The van der Waals surface area contributed by atoms with Gasteiger partial charge in [-0.15, -0.1) is 0 Å². The highest BCUT2D eigenvalue weighted by Crippen LogP contribution is 2.64. The molecule has 0 saturated heterocycles. The molecule has 3 heteroatoms. The molecule has 2 saturated carbocycles. The average molecular weight is 349 g/mol. The number of carbonyl (C=O) groups is 1. The van der Waals surface area contributed by atoms with Crippen molar-refractivity contribution in [2.45, 2.75) is 39.5 Å².